The van der Waals surface area contributed by atoms with Crippen LogP contribution in [0.15, 0.2) is 35.6 Å². The maximum absolute atomic E-state index is 11.4. The molecule has 2 rings (SSSR count). The van der Waals surface area contributed by atoms with Crippen molar-refractivity contribution in [3.8, 4) is 0 Å². The third-order valence-electron chi connectivity index (χ3n) is 2.02. The van der Waals surface area contributed by atoms with Crippen molar-refractivity contribution in [1.29, 1.82) is 0 Å². The van der Waals surface area contributed by atoms with E-state index in [-0.39, 0.29) is 17.9 Å². The third-order valence-corrected chi connectivity index (χ3v) is 2.02. The molecule has 14 heavy (non-hydrogen) atoms. The van der Waals surface area contributed by atoms with Gasteiger partial charge in [-0.1, -0.05) is 12.2 Å². The SMILES string of the molecule is O=C1CC=CC2=C(C=CC(=O)C2=O)N1. The fraction of sp³-hybridized carbons (Fsp3) is 0.100. The highest BCUT2D eigenvalue weighted by Gasteiger charge is 2.23. The Bertz CT molecular complexity index is 427. The second kappa shape index (κ2) is 3.06. The number of Topliss-reactive ketones (excluding diaryl/α,β-unsaturated/α-hetero) is 1. The average Bonchev–Trinajstić information content (AvgIpc) is 2.34. The highest BCUT2D eigenvalue weighted by Crippen LogP contribution is 2.15. The van der Waals surface area contributed by atoms with E-state index in [9.17, 15) is 14.4 Å². The van der Waals surface area contributed by atoms with E-state index in [1.54, 1.807) is 6.08 Å². The van der Waals surface area contributed by atoms with Crippen LogP contribution in [0, 0.1) is 0 Å². The molecule has 1 amide bonds. The monoisotopic (exact) mass is 189 g/mol. The van der Waals surface area contributed by atoms with Crippen molar-refractivity contribution in [2.45, 2.75) is 6.42 Å². The van der Waals surface area contributed by atoms with Crippen molar-refractivity contribution in [2.24, 2.45) is 0 Å². The maximum Gasteiger partial charge on any atom is 0.234 e. The first-order valence-corrected chi connectivity index (χ1v) is 4.16. The first kappa shape index (κ1) is 8.62. The molecular formula is C10H7NO3. The largest absolute Gasteiger partial charge is 0.325 e. The molecule has 70 valence electrons. The first-order valence-electron chi connectivity index (χ1n) is 4.16. The molecule has 0 bridgehead atoms. The van der Waals surface area contributed by atoms with Crippen LogP contribution in [0.4, 0.5) is 0 Å². The van der Waals surface area contributed by atoms with Crippen molar-refractivity contribution in [3.63, 3.8) is 0 Å². The molecule has 1 aliphatic carbocycles. The number of hydrogen-bond donors (Lipinski definition) is 1. The molecule has 0 radical (unpaired) electrons. The van der Waals surface area contributed by atoms with Gasteiger partial charge < -0.3 is 5.32 Å². The lowest BCUT2D eigenvalue weighted by atomic mass is 10.00. The Morgan fingerprint density at radius 2 is 1.86 bits per heavy atom. The quantitative estimate of drug-likeness (QED) is 0.431. The fourth-order valence-corrected chi connectivity index (χ4v) is 1.34. The molecule has 0 saturated heterocycles. The standard InChI is InChI=1S/C10H7NO3/c12-8-5-4-7-6(10(8)14)2-1-3-9(13)11-7/h1-2,4-5H,3H2,(H,11,13). The van der Waals surface area contributed by atoms with Crippen LogP contribution < -0.4 is 5.32 Å². The zero-order valence-corrected chi connectivity index (χ0v) is 7.24. The number of amides is 1. The highest BCUT2D eigenvalue weighted by atomic mass is 16.2. The highest BCUT2D eigenvalue weighted by molar-refractivity contribution is 6.49. The minimum absolute atomic E-state index is 0.182. The molecule has 0 aromatic carbocycles. The van der Waals surface area contributed by atoms with Gasteiger partial charge in [0.05, 0.1) is 5.70 Å². The second-order valence-corrected chi connectivity index (χ2v) is 3.01. The Kier molecular flexibility index (Phi) is 1.89. The normalized spacial score (nSPS) is 20.7. The van der Waals surface area contributed by atoms with Gasteiger partial charge in [-0.3, -0.25) is 14.4 Å². The summed E-state index contributed by atoms with van der Waals surface area (Å²) in [5, 5.41) is 2.55. The summed E-state index contributed by atoms with van der Waals surface area (Å²) < 4.78 is 0. The lowest BCUT2D eigenvalue weighted by molar-refractivity contribution is -0.131. The fourth-order valence-electron chi connectivity index (χ4n) is 1.34. The summed E-state index contributed by atoms with van der Waals surface area (Å²) in [5.41, 5.74) is 0.678. The van der Waals surface area contributed by atoms with Crippen LogP contribution in [0.25, 0.3) is 0 Å². The lowest BCUT2D eigenvalue weighted by Gasteiger charge is -2.09. The van der Waals surface area contributed by atoms with Crippen LogP contribution in [0.2, 0.25) is 0 Å². The van der Waals surface area contributed by atoms with Crippen LogP contribution in [0.3, 0.4) is 0 Å². The van der Waals surface area contributed by atoms with Gasteiger partial charge in [-0.15, -0.1) is 0 Å². The van der Waals surface area contributed by atoms with Crippen LogP contribution in [0.1, 0.15) is 6.42 Å². The number of allylic oxidation sites excluding steroid dienone is 4. The Balaban J connectivity index is 2.48. The van der Waals surface area contributed by atoms with Crippen molar-refractivity contribution >= 4 is 17.5 Å². The molecule has 1 heterocycles. The molecule has 1 N–H and O–H groups in total. The van der Waals surface area contributed by atoms with Crippen molar-refractivity contribution < 1.29 is 14.4 Å². The minimum Gasteiger partial charge on any atom is -0.325 e. The van der Waals surface area contributed by atoms with Gasteiger partial charge >= 0.3 is 0 Å². The van der Waals surface area contributed by atoms with E-state index in [0.717, 1.165) is 0 Å². The van der Waals surface area contributed by atoms with E-state index in [0.29, 0.717) is 5.70 Å². The van der Waals surface area contributed by atoms with E-state index < -0.39 is 11.6 Å². The Hall–Kier alpha value is -1.97. The van der Waals surface area contributed by atoms with Crippen LogP contribution in [-0.2, 0) is 14.4 Å². The van der Waals surface area contributed by atoms with Gasteiger partial charge in [-0.05, 0) is 12.2 Å². The van der Waals surface area contributed by atoms with Gasteiger partial charge in [-0.2, -0.15) is 0 Å². The molecule has 2 aliphatic rings. The second-order valence-electron chi connectivity index (χ2n) is 3.01. The lowest BCUT2D eigenvalue weighted by Crippen LogP contribution is -2.26. The Morgan fingerprint density at radius 3 is 2.64 bits per heavy atom. The van der Waals surface area contributed by atoms with Gasteiger partial charge in [0, 0.05) is 12.0 Å². The molecule has 0 fully saturated rings. The van der Waals surface area contributed by atoms with Gasteiger partial charge in [0.1, 0.15) is 0 Å². The summed E-state index contributed by atoms with van der Waals surface area (Å²) in [6, 6.07) is 0. The molecule has 0 spiro atoms. The van der Waals surface area contributed by atoms with Crippen LogP contribution >= 0.6 is 0 Å². The topological polar surface area (TPSA) is 63.2 Å². The van der Waals surface area contributed by atoms with E-state index in [1.807, 2.05) is 0 Å². The number of nitrogens with one attached hydrogen (secondary N) is 1. The smallest absolute Gasteiger partial charge is 0.234 e. The van der Waals surface area contributed by atoms with E-state index >= 15 is 0 Å². The van der Waals surface area contributed by atoms with Gasteiger partial charge in [0.25, 0.3) is 0 Å². The summed E-state index contributed by atoms with van der Waals surface area (Å²) in [4.78, 5) is 33.5. The van der Waals surface area contributed by atoms with Crippen molar-refractivity contribution in [2.75, 3.05) is 0 Å². The summed E-state index contributed by atoms with van der Waals surface area (Å²) in [7, 11) is 0. The van der Waals surface area contributed by atoms with Gasteiger partial charge in [-0.25, -0.2) is 0 Å². The third kappa shape index (κ3) is 1.31. The molecule has 0 aromatic rings. The molecule has 4 nitrogen and oxygen atoms in total. The number of hydrogen-bond acceptors (Lipinski definition) is 3. The Labute approximate surface area is 80.0 Å². The summed E-state index contributed by atoms with van der Waals surface area (Å²) in [6.45, 7) is 0. The summed E-state index contributed by atoms with van der Waals surface area (Å²) in [6.07, 6.45) is 5.93. The summed E-state index contributed by atoms with van der Waals surface area (Å²) in [5.74, 6) is -1.30. The maximum atomic E-state index is 11.4. The molecule has 0 atom stereocenters. The molecule has 1 aliphatic heterocycles. The van der Waals surface area contributed by atoms with Gasteiger partial charge in [0.2, 0.25) is 17.5 Å². The predicted molar refractivity (Wildman–Crippen MR) is 48.1 cm³/mol. The Morgan fingerprint density at radius 1 is 1.07 bits per heavy atom. The van der Waals surface area contributed by atoms with E-state index in [1.165, 1.54) is 18.2 Å². The molecule has 0 aromatic heterocycles. The molecular weight excluding hydrogens is 182 g/mol. The van der Waals surface area contributed by atoms with Crippen LogP contribution in [-0.4, -0.2) is 17.5 Å². The van der Waals surface area contributed by atoms with Crippen molar-refractivity contribution in [3.05, 3.63) is 35.6 Å². The van der Waals surface area contributed by atoms with E-state index in [4.69, 9.17) is 0 Å². The predicted octanol–water partition coefficient (Wildman–Crippen LogP) is 0.0246. The number of ketones is 2. The molecule has 0 unspecified atom stereocenters. The zero-order chi connectivity index (χ0) is 10.1. The number of rotatable bonds is 0. The van der Waals surface area contributed by atoms with Crippen molar-refractivity contribution in [1.82, 2.24) is 5.32 Å². The minimum atomic E-state index is -0.569. The van der Waals surface area contributed by atoms with Gasteiger partial charge in [0.15, 0.2) is 0 Å². The average molecular weight is 189 g/mol. The summed E-state index contributed by atoms with van der Waals surface area (Å²) >= 11 is 0. The number of carbonyl (C=O) groups is 3. The molecule has 4 heteroatoms. The molecule has 0 saturated carbocycles. The first-order chi connectivity index (χ1) is 6.68. The zero-order valence-electron chi connectivity index (χ0n) is 7.24. The van der Waals surface area contributed by atoms with Crippen LogP contribution in [0.5, 0.6) is 0 Å². The van der Waals surface area contributed by atoms with E-state index in [2.05, 4.69) is 5.32 Å². The number of carbonyl (C=O) groups excluding carboxylic acids is 3.